The number of aromatic carboxylic acids is 1. The first-order chi connectivity index (χ1) is 66.2. The van der Waals surface area contributed by atoms with Gasteiger partial charge in [0.15, 0.2) is 57.9 Å². The molecule has 0 spiro atoms. The summed E-state index contributed by atoms with van der Waals surface area (Å²) < 4.78 is 20.4. The van der Waals surface area contributed by atoms with E-state index in [0.717, 1.165) is 29.2 Å². The number of hydrogen-bond acceptors (Lipinski definition) is 31. The molecule has 45 nitrogen and oxygen atoms in total. The summed E-state index contributed by atoms with van der Waals surface area (Å²) in [4.78, 5) is 133. The lowest BCUT2D eigenvalue weighted by atomic mass is 10.0. The van der Waals surface area contributed by atoms with Crippen LogP contribution in [0.3, 0.4) is 0 Å². The van der Waals surface area contributed by atoms with Gasteiger partial charge in [-0.2, -0.15) is 4.99 Å². The number of nitrogens with two attached hydrogens (primary N) is 3. The molecule has 0 saturated carbocycles. The average Bonchev–Trinajstić information content (AvgIpc) is 0.870. The predicted molar refractivity (Wildman–Crippen MR) is 513 cm³/mol. The van der Waals surface area contributed by atoms with Crippen LogP contribution in [0, 0.1) is 38.5 Å². The van der Waals surface area contributed by atoms with Gasteiger partial charge in [0, 0.05) is 83.5 Å². The Labute approximate surface area is 811 Å². The van der Waals surface area contributed by atoms with E-state index in [1.54, 1.807) is 101 Å². The summed E-state index contributed by atoms with van der Waals surface area (Å²) in [7, 11) is 10.6. The number of rotatable bonds is 31. The fourth-order valence-electron chi connectivity index (χ4n) is 10.8. The number of aliphatic imine (C=N–C) groups is 1. The number of aliphatic carboxylic acids is 6. The maximum Gasteiger partial charge on any atom is 0.345 e. The second-order valence-corrected chi connectivity index (χ2v) is 31.3. The number of ether oxygens (including phenoxy) is 4. The van der Waals surface area contributed by atoms with Gasteiger partial charge in [0.2, 0.25) is 30.4 Å². The van der Waals surface area contributed by atoms with E-state index in [0.29, 0.717) is 77.8 Å². The number of aliphatic hydroxyl groups excluding tert-OH is 1. The van der Waals surface area contributed by atoms with Crippen LogP contribution in [-0.4, -0.2) is 291 Å². The SMILES string of the molecule is CN(C)C(N)=NC(=N)N.CN(CC(=O)O)C(=N)N.C[N+](C)(C)C[C@H](O)CC(=O)O.Cc1cc(C[C@@H](OC(=O)/C=C/c2ccc(O)c(O)c2)C(=O)O)ccc1O.Cc1cc(C[C@@H](OC(=O)/C=C/c2ccc(O)c(O)c2)C(=O)O)ccc1O.Cc1cc(C[C@@H](OC(=O)/C=C/c2ccc(O)c(O)c2)C(=O)O)ccc1O.Cc1cc(C[C@@H](OC(=O)/C=C/c2ccc(O)c(O)c2)C(=O)O)ccc1O.O=C(O)c1cccnc1. The van der Waals surface area contributed by atoms with Gasteiger partial charge in [-0.3, -0.25) is 25.4 Å². The zero-order valence-corrected chi connectivity index (χ0v) is 78.2. The molecule has 0 radical (unpaired) electrons. The van der Waals surface area contributed by atoms with Gasteiger partial charge in [-0.05, 0) is 204 Å². The maximum atomic E-state index is 11.9. The zero-order valence-electron chi connectivity index (χ0n) is 78.2. The van der Waals surface area contributed by atoms with Gasteiger partial charge in [0.25, 0.3) is 0 Å². The van der Waals surface area contributed by atoms with Gasteiger partial charge >= 0.3 is 65.7 Å². The molecule has 0 bridgehead atoms. The van der Waals surface area contributed by atoms with Gasteiger partial charge in [-0.15, -0.1) is 0 Å². The highest BCUT2D eigenvalue weighted by Crippen LogP contribution is 2.31. The van der Waals surface area contributed by atoms with Gasteiger partial charge in [-0.1, -0.05) is 72.8 Å². The minimum atomic E-state index is -1.38. The fourth-order valence-corrected chi connectivity index (χ4v) is 10.8. The van der Waals surface area contributed by atoms with Crippen molar-refractivity contribution in [2.75, 3.05) is 55.4 Å². The third-order valence-corrected chi connectivity index (χ3v) is 18.1. The molecular weight excluding hydrogens is 1870 g/mol. The molecule has 0 aliphatic carbocycles. The van der Waals surface area contributed by atoms with Crippen molar-refractivity contribution in [2.45, 2.75) is 90.3 Å². The molecule has 0 fully saturated rings. The van der Waals surface area contributed by atoms with Crippen LogP contribution < -0.4 is 17.2 Å². The second kappa shape index (κ2) is 59.4. The van der Waals surface area contributed by atoms with Crippen LogP contribution >= 0.6 is 0 Å². The summed E-state index contributed by atoms with van der Waals surface area (Å²) in [5, 5.41) is 197. The van der Waals surface area contributed by atoms with Gasteiger partial charge in [0.05, 0.1) is 33.1 Å². The van der Waals surface area contributed by atoms with Crippen LogP contribution in [0.5, 0.6) is 69.0 Å². The molecule has 142 heavy (non-hydrogen) atoms. The summed E-state index contributed by atoms with van der Waals surface area (Å²) >= 11 is 0. The van der Waals surface area contributed by atoms with E-state index in [2.05, 4.69) is 9.98 Å². The molecule has 28 N–H and O–H groups in total. The molecule has 45 heteroatoms. The highest BCUT2D eigenvalue weighted by Gasteiger charge is 2.27. The molecular formula is C97H113N10O35+. The lowest BCUT2D eigenvalue weighted by molar-refractivity contribution is -0.873. The number of carboxylic acids is 7. The molecule has 9 aromatic rings. The Morgan fingerprint density at radius 3 is 0.831 bits per heavy atom. The Balaban J connectivity index is 0.000000570. The van der Waals surface area contributed by atoms with Crippen LogP contribution in [-0.2, 0) is 92.6 Å². The zero-order chi connectivity index (χ0) is 108. The average molecular weight is 1980 g/mol. The van der Waals surface area contributed by atoms with Crippen LogP contribution in [0.1, 0.15) is 83.5 Å². The smallest absolute Gasteiger partial charge is 0.345 e. The molecule has 8 aromatic carbocycles. The molecule has 0 aliphatic rings. The molecule has 0 aliphatic heterocycles. The number of carbonyl (C=O) groups is 11. The first-order valence-corrected chi connectivity index (χ1v) is 41.4. The molecule has 0 amide bonds. The first kappa shape index (κ1) is 120. The summed E-state index contributed by atoms with van der Waals surface area (Å²) in [6.45, 7) is 6.95. The number of nitrogens with one attached hydrogen (secondary N) is 2. The molecule has 0 unspecified atom stereocenters. The number of benzene rings is 8. The van der Waals surface area contributed by atoms with E-state index in [4.69, 9.17) is 67.4 Å². The summed E-state index contributed by atoms with van der Waals surface area (Å²) in [6, 6.07) is 37.4. The number of guanidine groups is 3. The quantitative estimate of drug-likeness (QED) is 0.00382. The van der Waals surface area contributed by atoms with Gasteiger partial charge in [-0.25, -0.2) is 43.2 Å². The summed E-state index contributed by atoms with van der Waals surface area (Å²) in [5.74, 6) is -13.9. The van der Waals surface area contributed by atoms with E-state index >= 15 is 0 Å². The number of carbonyl (C=O) groups excluding carboxylic acids is 4. The third-order valence-electron chi connectivity index (χ3n) is 18.1. The van der Waals surface area contributed by atoms with Crippen molar-refractivity contribution in [2.24, 2.45) is 22.2 Å². The number of phenols is 12. The minimum Gasteiger partial charge on any atom is -0.508 e. The fraction of sp³-hybridized carbons (Fsp3) is 0.227. The lowest BCUT2D eigenvalue weighted by Gasteiger charge is -2.25. The van der Waals surface area contributed by atoms with Crippen molar-refractivity contribution in [3.8, 4) is 69.0 Å². The number of carboxylic acid groups (broad SMARTS) is 7. The number of likely N-dealkylation sites (N-methyl/N-ethyl adjacent to an activating group) is 2. The van der Waals surface area contributed by atoms with Crippen molar-refractivity contribution in [3.63, 3.8) is 0 Å². The van der Waals surface area contributed by atoms with Crippen LogP contribution in [0.2, 0.25) is 0 Å². The monoisotopic (exact) mass is 1980 g/mol. The highest BCUT2D eigenvalue weighted by atomic mass is 16.6. The number of esters is 4. The first-order valence-electron chi connectivity index (χ1n) is 41.4. The molecule has 5 atom stereocenters. The Morgan fingerprint density at radius 1 is 0.394 bits per heavy atom. The number of aromatic nitrogens is 1. The highest BCUT2D eigenvalue weighted by molar-refractivity contribution is 5.93. The van der Waals surface area contributed by atoms with Crippen molar-refractivity contribution in [1.82, 2.24) is 14.8 Å². The third kappa shape index (κ3) is 48.7. The number of aromatic hydroxyl groups is 12. The molecule has 760 valence electrons. The number of nitrogens with zero attached hydrogens (tertiary/aromatic N) is 5. The lowest BCUT2D eigenvalue weighted by Crippen LogP contribution is -2.42. The number of quaternary nitrogens is 1. The van der Waals surface area contributed by atoms with Gasteiger partial charge in [0.1, 0.15) is 42.2 Å². The van der Waals surface area contributed by atoms with Crippen molar-refractivity contribution >= 4 is 108 Å². The predicted octanol–water partition coefficient (Wildman–Crippen LogP) is 7.42. The van der Waals surface area contributed by atoms with Crippen LogP contribution in [0.15, 0.2) is 199 Å². The number of pyridine rings is 1. The molecule has 1 heterocycles. The number of hydrogen-bond donors (Lipinski definition) is 25. The molecule has 9 rings (SSSR count). The van der Waals surface area contributed by atoms with E-state index in [1.807, 2.05) is 21.1 Å². The van der Waals surface area contributed by atoms with Gasteiger partial charge < -0.3 is 153 Å². The van der Waals surface area contributed by atoms with E-state index in [1.165, 1.54) is 147 Å². The van der Waals surface area contributed by atoms with Crippen LogP contribution in [0.25, 0.3) is 24.3 Å². The maximum absolute atomic E-state index is 11.9. The van der Waals surface area contributed by atoms with Crippen LogP contribution in [0.4, 0.5) is 0 Å². The summed E-state index contributed by atoms with van der Waals surface area (Å²) in [6.07, 6.45) is 5.63. The Hall–Kier alpha value is -18.4. The van der Waals surface area contributed by atoms with Crippen molar-refractivity contribution in [3.05, 3.63) is 267 Å². The molecule has 0 saturated heterocycles. The van der Waals surface area contributed by atoms with Crippen molar-refractivity contribution in [1.29, 1.82) is 10.8 Å². The number of phenolic OH excluding ortho intramolecular Hbond substituents is 12. The van der Waals surface area contributed by atoms with E-state index in [-0.39, 0.29) is 131 Å². The number of aliphatic hydroxyl groups is 1. The standard InChI is InChI=1S/4C19H18O7.C7H15NO3.C6H5NO2.C4H11N5.C4H9N3O2/c4*1-11-8-13(3-5-14(11)20)10-17(19(24)25)26-18(23)7-4-12-2-6-15(21)16(22)9-12;1-8(2,3)5-6(9)4-7(10)11;8-6(9)5-2-1-3-7-4-5;1-9(2)4(7)8-3(5)6;1-7(4(5)6)2-3(8)9/h4*2-9,17,20-22H,10H2,1H3,(H,24,25);6,9H,4-5H2,1-3H3;1-4H,(H,8,9);1-2H3,(H5,5,6,7,8);2H2,1H3,(H3,5,6)(H,8,9)/p+1/b4*7-4+;;;;/t4*17-;6-;;;/m11111.../s1. The number of aryl methyl sites for hydroxylation is 4. The largest absolute Gasteiger partial charge is 0.508 e. The Morgan fingerprint density at radius 2 is 0.662 bits per heavy atom. The topological polar surface area (TPSA) is 787 Å². The second-order valence-electron chi connectivity index (χ2n) is 31.3. The van der Waals surface area contributed by atoms with E-state index < -0.39 is 96.2 Å². The normalized spacial score (nSPS) is 11.8. The summed E-state index contributed by atoms with van der Waals surface area (Å²) in [5.41, 5.74) is 21.8. The van der Waals surface area contributed by atoms with E-state index in [9.17, 15) is 134 Å². The minimum absolute atomic E-state index is 0.0456. The van der Waals surface area contributed by atoms with Crippen molar-refractivity contribution < 1.29 is 178 Å². The Bertz CT molecular complexity index is 5460. The molecule has 1 aromatic heterocycles. The Kier molecular flexibility index (Phi) is 50.1.